The number of phosphoric ester groups is 1. The largest absolute Gasteiger partial charge is 0.481 e. The Morgan fingerprint density at radius 2 is 1.28 bits per heavy atom. The predicted octanol–water partition coefficient (Wildman–Crippen LogP) is 6.36. The minimum atomic E-state index is -5.11. The molecule has 0 aliphatic heterocycles. The maximum atomic E-state index is 11.3. The van der Waals surface area contributed by atoms with Crippen molar-refractivity contribution in [3.63, 3.8) is 0 Å². The molecule has 1 unspecified atom stereocenters. The van der Waals surface area contributed by atoms with Crippen molar-refractivity contribution in [2.24, 2.45) is 0 Å². The van der Waals surface area contributed by atoms with Gasteiger partial charge in [-0.3, -0.25) is 4.52 Å². The number of hydrogen-bond donors (Lipinski definition) is 3. The van der Waals surface area contributed by atoms with Crippen LogP contribution >= 0.6 is 15.6 Å². The average Bonchev–Trinajstić information content (AvgIpc) is 2.58. The predicted molar refractivity (Wildman–Crippen MR) is 117 cm³/mol. The number of allylic oxidation sites excluding steroid dienone is 7. The van der Waals surface area contributed by atoms with Crippen molar-refractivity contribution in [1.82, 2.24) is 0 Å². The molecule has 0 aromatic heterocycles. The molecule has 0 saturated carbocycles. The lowest BCUT2D eigenvalue weighted by atomic mass is 10.0. The van der Waals surface area contributed by atoms with Gasteiger partial charge in [0.05, 0.1) is 6.61 Å². The van der Waals surface area contributed by atoms with Crippen molar-refractivity contribution in [2.45, 2.75) is 73.1 Å². The molecule has 0 rings (SSSR count). The van der Waals surface area contributed by atoms with E-state index in [1.807, 2.05) is 13.8 Å². The van der Waals surface area contributed by atoms with E-state index in [0.717, 1.165) is 31.3 Å². The molecule has 0 aliphatic carbocycles. The van der Waals surface area contributed by atoms with Crippen LogP contribution < -0.4 is 0 Å². The van der Waals surface area contributed by atoms with Crippen LogP contribution in [0, 0.1) is 0 Å². The Morgan fingerprint density at radius 3 is 1.72 bits per heavy atom. The van der Waals surface area contributed by atoms with E-state index in [4.69, 9.17) is 13.9 Å². The second-order valence-electron chi connectivity index (χ2n) is 6.99. The zero-order chi connectivity index (χ0) is 25.0. The van der Waals surface area contributed by atoms with Crippen LogP contribution in [-0.4, -0.2) is 21.3 Å². The van der Waals surface area contributed by atoms with E-state index < -0.39 is 22.5 Å². The van der Waals surface area contributed by atoms with Gasteiger partial charge in [0, 0.05) is 4.11 Å². The number of rotatable bonds is 14. The Morgan fingerprint density at radius 1 is 0.828 bits per heavy atom. The summed E-state index contributed by atoms with van der Waals surface area (Å²) in [6.07, 6.45) is 12.5. The van der Waals surface area contributed by atoms with Gasteiger partial charge in [-0.15, -0.1) is 0 Å². The molecule has 0 amide bonds. The van der Waals surface area contributed by atoms with Gasteiger partial charge in [0.15, 0.2) is 0 Å². The lowest BCUT2D eigenvalue weighted by molar-refractivity contribution is 0.191. The van der Waals surface area contributed by atoms with Crippen molar-refractivity contribution in [3.8, 4) is 0 Å². The quantitative estimate of drug-likeness (QED) is 0.207. The van der Waals surface area contributed by atoms with E-state index in [-0.39, 0.29) is 6.61 Å². The summed E-state index contributed by atoms with van der Waals surface area (Å²) in [6.45, 7) is 5.25. The molecule has 29 heavy (non-hydrogen) atoms. The maximum Gasteiger partial charge on any atom is 0.481 e. The molecular weight excluding hydrogens is 414 g/mol. The first-order valence-corrected chi connectivity index (χ1v) is 12.4. The highest BCUT2D eigenvalue weighted by Gasteiger charge is 2.31. The zero-order valence-electron chi connectivity index (χ0n) is 20.6. The van der Waals surface area contributed by atoms with Gasteiger partial charge in [-0.25, -0.2) is 9.13 Å². The molecule has 0 spiro atoms. The van der Waals surface area contributed by atoms with E-state index in [9.17, 15) is 14.0 Å². The highest BCUT2D eigenvalue weighted by atomic mass is 31.3. The molecule has 0 bridgehead atoms. The van der Waals surface area contributed by atoms with E-state index in [1.54, 1.807) is 19.1 Å². The minimum absolute atomic E-state index is 0.298. The van der Waals surface area contributed by atoms with E-state index >= 15 is 0 Å². The lowest BCUT2D eigenvalue weighted by Gasteiger charge is -2.11. The first kappa shape index (κ1) is 22.9. The standard InChI is InChI=1S/C20H36O7P2/c1-17(2)9-6-10-18(3)11-7-12-19(4)13-8-14-20(5)15-16-26-29(24,25)27-28(21,22)23/h9,11,13,15H,6-8,10,12,14,16H2,1-5H3,(H,24,25)(H2,21,22,23)/b18-11+,19-13+,20-15+/i1D3/b17-9-,18-11+,19-13+,20-15+. The summed E-state index contributed by atoms with van der Waals surface area (Å²) in [5.41, 5.74) is 3.81. The van der Waals surface area contributed by atoms with Gasteiger partial charge < -0.3 is 14.7 Å². The zero-order valence-corrected chi connectivity index (χ0v) is 19.4. The molecule has 7 nitrogen and oxygen atoms in total. The first-order valence-electron chi connectivity index (χ1n) is 10.9. The fourth-order valence-corrected chi connectivity index (χ4v) is 3.87. The Balaban J connectivity index is 4.28. The Kier molecular flexibility index (Phi) is 11.3. The lowest BCUT2D eigenvalue weighted by Crippen LogP contribution is -1.94. The summed E-state index contributed by atoms with van der Waals surface area (Å²) in [6, 6.07) is 0. The van der Waals surface area contributed by atoms with E-state index in [0.29, 0.717) is 18.4 Å². The molecule has 168 valence electrons. The van der Waals surface area contributed by atoms with Crippen molar-refractivity contribution < 1.29 is 36.8 Å². The van der Waals surface area contributed by atoms with E-state index in [1.165, 1.54) is 11.1 Å². The second-order valence-corrected chi connectivity index (χ2v) is 9.82. The van der Waals surface area contributed by atoms with Crippen LogP contribution in [0.4, 0.5) is 0 Å². The van der Waals surface area contributed by atoms with Gasteiger partial charge in [0.2, 0.25) is 0 Å². The number of phosphoric acid groups is 2. The molecule has 0 aromatic carbocycles. The smallest absolute Gasteiger partial charge is 0.302 e. The van der Waals surface area contributed by atoms with Crippen LogP contribution in [-0.2, 0) is 18.0 Å². The molecular formula is C20H36O7P2. The Bertz CT molecular complexity index is 809. The summed E-state index contributed by atoms with van der Waals surface area (Å²) in [5.74, 6) is 0. The van der Waals surface area contributed by atoms with Crippen LogP contribution in [0.3, 0.4) is 0 Å². The SMILES string of the molecule is [2H]C([2H])([2H])/C(C)=C/CC/C(C)=C/CC/C(C)=C/CC/C(C)=C/COP(=O)(O)OP(=O)(O)O. The van der Waals surface area contributed by atoms with E-state index in [2.05, 4.69) is 27.9 Å². The maximum absolute atomic E-state index is 11.3. The van der Waals surface area contributed by atoms with Crippen molar-refractivity contribution >= 4 is 15.6 Å². The monoisotopic (exact) mass is 453 g/mol. The fraction of sp³-hybridized carbons (Fsp3) is 0.600. The summed E-state index contributed by atoms with van der Waals surface area (Å²) in [7, 11) is -9.91. The van der Waals surface area contributed by atoms with Crippen LogP contribution in [0.2, 0.25) is 0 Å². The molecule has 1 atom stereocenters. The van der Waals surface area contributed by atoms with Crippen molar-refractivity contribution in [1.29, 1.82) is 0 Å². The average molecular weight is 453 g/mol. The van der Waals surface area contributed by atoms with Gasteiger partial charge in [-0.05, 0) is 73.1 Å². The molecule has 0 aliphatic rings. The Hall–Kier alpha value is -0.780. The van der Waals surface area contributed by atoms with Crippen LogP contribution in [0.1, 0.15) is 77.2 Å². The molecule has 0 aromatic rings. The van der Waals surface area contributed by atoms with Gasteiger partial charge in [-0.1, -0.05) is 46.6 Å². The van der Waals surface area contributed by atoms with Crippen molar-refractivity contribution in [2.75, 3.05) is 6.61 Å². The molecule has 0 saturated heterocycles. The summed E-state index contributed by atoms with van der Waals surface area (Å²) in [5, 5.41) is 0. The third kappa shape index (κ3) is 19.0. The molecule has 9 heteroatoms. The summed E-state index contributed by atoms with van der Waals surface area (Å²) < 4.78 is 52.1. The summed E-state index contributed by atoms with van der Waals surface area (Å²) >= 11 is 0. The minimum Gasteiger partial charge on any atom is -0.302 e. The topological polar surface area (TPSA) is 113 Å². The highest BCUT2D eigenvalue weighted by molar-refractivity contribution is 7.60. The van der Waals surface area contributed by atoms with Crippen LogP contribution in [0.5, 0.6) is 0 Å². The third-order valence-electron chi connectivity index (χ3n) is 3.93. The molecule has 0 radical (unpaired) electrons. The normalized spacial score (nSPS) is 18.8. The fourth-order valence-electron chi connectivity index (χ4n) is 2.35. The van der Waals surface area contributed by atoms with Gasteiger partial charge in [-0.2, -0.15) is 4.31 Å². The highest BCUT2D eigenvalue weighted by Crippen LogP contribution is 2.57. The van der Waals surface area contributed by atoms with Gasteiger partial charge >= 0.3 is 15.6 Å². The Labute approximate surface area is 179 Å². The van der Waals surface area contributed by atoms with Crippen LogP contribution in [0.25, 0.3) is 0 Å². The molecule has 0 fully saturated rings. The molecule has 0 heterocycles. The molecule has 3 N–H and O–H groups in total. The second kappa shape index (κ2) is 14.3. The third-order valence-corrected chi connectivity index (χ3v) is 6.08. The van der Waals surface area contributed by atoms with Gasteiger partial charge in [0.25, 0.3) is 0 Å². The van der Waals surface area contributed by atoms with Crippen LogP contribution in [0.15, 0.2) is 46.6 Å². The summed E-state index contributed by atoms with van der Waals surface area (Å²) in [4.78, 5) is 26.3. The van der Waals surface area contributed by atoms with Crippen molar-refractivity contribution in [3.05, 3.63) is 46.6 Å². The van der Waals surface area contributed by atoms with Gasteiger partial charge in [0.1, 0.15) is 0 Å². The first-order chi connectivity index (χ1) is 14.5. The number of hydrogen-bond acceptors (Lipinski definition) is 4.